The van der Waals surface area contributed by atoms with Gasteiger partial charge in [0, 0.05) is 41.8 Å². The third kappa shape index (κ3) is 4.09. The maximum atomic E-state index is 12.6. The van der Waals surface area contributed by atoms with Crippen LogP contribution in [0.5, 0.6) is 0 Å². The Labute approximate surface area is 160 Å². The second-order valence-corrected chi connectivity index (χ2v) is 7.00. The van der Waals surface area contributed by atoms with E-state index in [0.29, 0.717) is 52.4 Å². The van der Waals surface area contributed by atoms with E-state index in [9.17, 15) is 9.59 Å². The SMILES string of the molecule is O=C(c1cccc(Cl)c1)N1CCN(C(=O)c2ccc(Cl)cc2Cl)CC1. The van der Waals surface area contributed by atoms with Crippen molar-refractivity contribution in [2.45, 2.75) is 0 Å². The van der Waals surface area contributed by atoms with Gasteiger partial charge in [-0.1, -0.05) is 40.9 Å². The van der Waals surface area contributed by atoms with Gasteiger partial charge in [0.25, 0.3) is 11.8 Å². The zero-order valence-electron chi connectivity index (χ0n) is 13.2. The Hall–Kier alpha value is -1.75. The topological polar surface area (TPSA) is 40.6 Å². The van der Waals surface area contributed by atoms with Crippen molar-refractivity contribution in [2.75, 3.05) is 26.2 Å². The molecule has 1 fully saturated rings. The van der Waals surface area contributed by atoms with Crippen molar-refractivity contribution >= 4 is 46.6 Å². The number of carbonyl (C=O) groups excluding carboxylic acids is 2. The lowest BCUT2D eigenvalue weighted by Crippen LogP contribution is -2.50. The molecule has 2 aromatic carbocycles. The molecule has 3 rings (SSSR count). The van der Waals surface area contributed by atoms with Crippen molar-refractivity contribution in [2.24, 2.45) is 0 Å². The normalized spacial score (nSPS) is 14.5. The molecule has 2 amide bonds. The maximum Gasteiger partial charge on any atom is 0.255 e. The molecule has 0 saturated carbocycles. The fourth-order valence-corrected chi connectivity index (χ4v) is 3.43. The summed E-state index contributed by atoms with van der Waals surface area (Å²) in [6, 6.07) is 11.7. The van der Waals surface area contributed by atoms with Crippen molar-refractivity contribution in [3.05, 3.63) is 68.7 Å². The third-order valence-electron chi connectivity index (χ3n) is 4.09. The van der Waals surface area contributed by atoms with Gasteiger partial charge >= 0.3 is 0 Å². The predicted molar refractivity (Wildman–Crippen MR) is 99.7 cm³/mol. The Balaban J connectivity index is 1.65. The minimum atomic E-state index is -0.156. The highest BCUT2D eigenvalue weighted by Gasteiger charge is 2.26. The predicted octanol–water partition coefficient (Wildman–Crippen LogP) is 4.25. The van der Waals surface area contributed by atoms with Gasteiger partial charge in [-0.15, -0.1) is 0 Å². The molecule has 2 aromatic rings. The molecule has 0 spiro atoms. The van der Waals surface area contributed by atoms with E-state index in [1.165, 1.54) is 0 Å². The van der Waals surface area contributed by atoms with E-state index >= 15 is 0 Å². The van der Waals surface area contributed by atoms with E-state index in [0.717, 1.165) is 0 Å². The summed E-state index contributed by atoms with van der Waals surface area (Å²) < 4.78 is 0. The molecule has 1 aliphatic rings. The van der Waals surface area contributed by atoms with Gasteiger partial charge in [0.05, 0.1) is 10.6 Å². The number of nitrogens with zero attached hydrogens (tertiary/aromatic N) is 2. The molecule has 7 heteroatoms. The number of hydrogen-bond donors (Lipinski definition) is 0. The van der Waals surface area contributed by atoms with Gasteiger partial charge < -0.3 is 9.80 Å². The van der Waals surface area contributed by atoms with Crippen LogP contribution in [0.15, 0.2) is 42.5 Å². The first-order chi connectivity index (χ1) is 12.0. The molecule has 0 atom stereocenters. The number of carbonyl (C=O) groups is 2. The Morgan fingerprint density at radius 1 is 0.760 bits per heavy atom. The van der Waals surface area contributed by atoms with Crippen LogP contribution in [0.3, 0.4) is 0 Å². The van der Waals surface area contributed by atoms with Crippen LogP contribution in [0.4, 0.5) is 0 Å². The number of hydrogen-bond acceptors (Lipinski definition) is 2. The number of halogens is 3. The zero-order chi connectivity index (χ0) is 18.0. The van der Waals surface area contributed by atoms with Crippen molar-refractivity contribution in [3.63, 3.8) is 0 Å². The molecule has 25 heavy (non-hydrogen) atoms. The van der Waals surface area contributed by atoms with Crippen LogP contribution >= 0.6 is 34.8 Å². The largest absolute Gasteiger partial charge is 0.335 e. The molecule has 4 nitrogen and oxygen atoms in total. The standard InChI is InChI=1S/C18H15Cl3N2O2/c19-13-3-1-2-12(10-13)17(24)22-6-8-23(9-7-22)18(25)15-5-4-14(20)11-16(15)21/h1-5,10-11H,6-9H2. The minimum Gasteiger partial charge on any atom is -0.335 e. The van der Waals surface area contributed by atoms with Gasteiger partial charge in [-0.05, 0) is 36.4 Å². The van der Waals surface area contributed by atoms with Gasteiger partial charge in [0.2, 0.25) is 0 Å². The van der Waals surface area contributed by atoms with E-state index in [1.807, 2.05) is 0 Å². The van der Waals surface area contributed by atoms with Crippen molar-refractivity contribution < 1.29 is 9.59 Å². The number of piperazine rings is 1. The maximum absolute atomic E-state index is 12.6. The number of amides is 2. The van der Waals surface area contributed by atoms with Crippen LogP contribution in [0, 0.1) is 0 Å². The van der Waals surface area contributed by atoms with E-state index in [4.69, 9.17) is 34.8 Å². The lowest BCUT2D eigenvalue weighted by Gasteiger charge is -2.35. The summed E-state index contributed by atoms with van der Waals surface area (Å²) in [6.07, 6.45) is 0. The molecule has 0 unspecified atom stereocenters. The molecule has 130 valence electrons. The zero-order valence-corrected chi connectivity index (χ0v) is 15.5. The second-order valence-electron chi connectivity index (χ2n) is 5.72. The second kappa shape index (κ2) is 7.65. The van der Waals surface area contributed by atoms with Gasteiger partial charge in [-0.3, -0.25) is 9.59 Å². The Morgan fingerprint density at radius 3 is 1.96 bits per heavy atom. The summed E-state index contributed by atoms with van der Waals surface area (Å²) in [6.45, 7) is 1.82. The summed E-state index contributed by atoms with van der Waals surface area (Å²) in [5, 5.41) is 1.34. The van der Waals surface area contributed by atoms with Crippen molar-refractivity contribution in [1.29, 1.82) is 0 Å². The average Bonchev–Trinajstić information content (AvgIpc) is 2.61. The summed E-state index contributed by atoms with van der Waals surface area (Å²) >= 11 is 17.9. The third-order valence-corrected chi connectivity index (χ3v) is 4.87. The molecule has 1 aliphatic heterocycles. The lowest BCUT2D eigenvalue weighted by atomic mass is 10.1. The fourth-order valence-electron chi connectivity index (χ4n) is 2.75. The van der Waals surface area contributed by atoms with Crippen LogP contribution in [0.25, 0.3) is 0 Å². The van der Waals surface area contributed by atoms with Gasteiger partial charge in [-0.25, -0.2) is 0 Å². The Kier molecular flexibility index (Phi) is 5.52. The molecule has 0 N–H and O–H groups in total. The van der Waals surface area contributed by atoms with E-state index < -0.39 is 0 Å². The summed E-state index contributed by atoms with van der Waals surface area (Å²) in [4.78, 5) is 28.5. The summed E-state index contributed by atoms with van der Waals surface area (Å²) in [7, 11) is 0. The quantitative estimate of drug-likeness (QED) is 0.760. The Bertz CT molecular complexity index is 818. The van der Waals surface area contributed by atoms with Crippen LogP contribution in [0.2, 0.25) is 15.1 Å². The summed E-state index contributed by atoms with van der Waals surface area (Å²) in [5.74, 6) is -0.240. The molecule has 0 radical (unpaired) electrons. The van der Waals surface area contributed by atoms with Crippen LogP contribution in [-0.4, -0.2) is 47.8 Å². The van der Waals surface area contributed by atoms with Crippen LogP contribution < -0.4 is 0 Å². The van der Waals surface area contributed by atoms with Crippen molar-refractivity contribution in [1.82, 2.24) is 9.80 Å². The highest BCUT2D eigenvalue weighted by molar-refractivity contribution is 6.36. The first kappa shape index (κ1) is 18.1. The first-order valence-electron chi connectivity index (χ1n) is 7.75. The average molecular weight is 398 g/mol. The molecular formula is C18H15Cl3N2O2. The fraction of sp³-hybridized carbons (Fsp3) is 0.222. The molecule has 0 aliphatic carbocycles. The first-order valence-corrected chi connectivity index (χ1v) is 8.88. The minimum absolute atomic E-state index is 0.0841. The van der Waals surface area contributed by atoms with E-state index in [2.05, 4.69) is 0 Å². The smallest absolute Gasteiger partial charge is 0.255 e. The summed E-state index contributed by atoms with van der Waals surface area (Å²) in [5.41, 5.74) is 0.966. The highest BCUT2D eigenvalue weighted by Crippen LogP contribution is 2.23. The van der Waals surface area contributed by atoms with Crippen LogP contribution in [0.1, 0.15) is 20.7 Å². The van der Waals surface area contributed by atoms with Gasteiger partial charge in [-0.2, -0.15) is 0 Å². The molecule has 0 aromatic heterocycles. The highest BCUT2D eigenvalue weighted by atomic mass is 35.5. The van der Waals surface area contributed by atoms with E-state index in [1.54, 1.807) is 52.3 Å². The molecule has 0 bridgehead atoms. The van der Waals surface area contributed by atoms with Crippen LogP contribution in [-0.2, 0) is 0 Å². The molecule has 1 saturated heterocycles. The lowest BCUT2D eigenvalue weighted by molar-refractivity contribution is 0.0535. The van der Waals surface area contributed by atoms with Gasteiger partial charge in [0.1, 0.15) is 0 Å². The van der Waals surface area contributed by atoms with Gasteiger partial charge in [0.15, 0.2) is 0 Å². The number of rotatable bonds is 2. The number of benzene rings is 2. The monoisotopic (exact) mass is 396 g/mol. The molecule has 1 heterocycles. The molecular weight excluding hydrogens is 383 g/mol. The Morgan fingerprint density at radius 2 is 1.36 bits per heavy atom. The van der Waals surface area contributed by atoms with Crippen molar-refractivity contribution in [3.8, 4) is 0 Å². The van der Waals surface area contributed by atoms with E-state index in [-0.39, 0.29) is 11.8 Å².